The Bertz CT molecular complexity index is 133. The van der Waals surface area contributed by atoms with E-state index in [0.717, 1.165) is 5.92 Å². The van der Waals surface area contributed by atoms with Gasteiger partial charge < -0.3 is 0 Å². The van der Waals surface area contributed by atoms with Crippen LogP contribution in [-0.4, -0.2) is 0 Å². The third kappa shape index (κ3) is 4.57. The van der Waals surface area contributed by atoms with Crippen LogP contribution in [0.2, 0.25) is 0 Å². The molecule has 0 fully saturated rings. The highest BCUT2D eigenvalue weighted by Gasteiger charge is 2.31. The molecule has 1 atom stereocenters. The molecular weight excluding hydrogens is 180 g/mol. The Morgan fingerprint density at radius 2 is 1.47 bits per heavy atom. The molecule has 0 aromatic heterocycles. The first kappa shape index (κ1) is 15.0. The van der Waals surface area contributed by atoms with E-state index in [-0.39, 0.29) is 0 Å². The Hall–Kier alpha value is 0. The largest absolute Gasteiger partial charge is 0.0654 e. The molecular formula is C15H32. The lowest BCUT2D eigenvalue weighted by molar-refractivity contribution is 0.127. The summed E-state index contributed by atoms with van der Waals surface area (Å²) >= 11 is 0. The van der Waals surface area contributed by atoms with Gasteiger partial charge in [0.25, 0.3) is 0 Å². The minimum atomic E-state index is 0.644. The van der Waals surface area contributed by atoms with Crippen molar-refractivity contribution in [3.8, 4) is 0 Å². The number of rotatable bonds is 9. The molecule has 0 nitrogen and oxygen atoms in total. The maximum atomic E-state index is 2.47. The van der Waals surface area contributed by atoms with Gasteiger partial charge in [0, 0.05) is 0 Å². The monoisotopic (exact) mass is 212 g/mol. The molecule has 92 valence electrons. The zero-order chi connectivity index (χ0) is 11.7. The Balaban J connectivity index is 4.28. The fourth-order valence-corrected chi connectivity index (χ4v) is 3.01. The van der Waals surface area contributed by atoms with Crippen molar-refractivity contribution in [3.63, 3.8) is 0 Å². The molecule has 0 heterocycles. The van der Waals surface area contributed by atoms with Crippen LogP contribution in [0.5, 0.6) is 0 Å². The maximum Gasteiger partial charge on any atom is -0.0277 e. The fourth-order valence-electron chi connectivity index (χ4n) is 3.01. The van der Waals surface area contributed by atoms with Crippen molar-refractivity contribution in [1.82, 2.24) is 0 Å². The van der Waals surface area contributed by atoms with Crippen LogP contribution in [0.15, 0.2) is 0 Å². The lowest BCUT2D eigenvalue weighted by Crippen LogP contribution is -2.27. The van der Waals surface area contributed by atoms with E-state index in [1.807, 2.05) is 0 Å². The normalized spacial score (nSPS) is 14.2. The van der Waals surface area contributed by atoms with Gasteiger partial charge in [-0.05, 0) is 17.8 Å². The van der Waals surface area contributed by atoms with Crippen LogP contribution < -0.4 is 0 Å². The minimum absolute atomic E-state index is 0.644. The molecule has 0 saturated heterocycles. The standard InChI is InChI=1S/C15H32/c1-6-10-11-13-15(8-3,9-4)14(5)12-7-2/h14H,6-13H2,1-5H3. The first-order valence-corrected chi connectivity index (χ1v) is 7.16. The summed E-state index contributed by atoms with van der Waals surface area (Å²) in [6.07, 6.45) is 11.2. The van der Waals surface area contributed by atoms with Gasteiger partial charge in [-0.3, -0.25) is 0 Å². The van der Waals surface area contributed by atoms with Crippen LogP contribution in [0, 0.1) is 11.3 Å². The van der Waals surface area contributed by atoms with Crippen molar-refractivity contribution in [3.05, 3.63) is 0 Å². The molecule has 1 unspecified atom stereocenters. The Labute approximate surface area is 97.8 Å². The summed E-state index contributed by atoms with van der Waals surface area (Å²) in [5.74, 6) is 0.911. The summed E-state index contributed by atoms with van der Waals surface area (Å²) in [6, 6.07) is 0. The molecule has 0 aliphatic carbocycles. The molecule has 0 aliphatic rings. The van der Waals surface area contributed by atoms with Gasteiger partial charge in [0.05, 0.1) is 0 Å². The Morgan fingerprint density at radius 1 is 0.867 bits per heavy atom. The van der Waals surface area contributed by atoms with Crippen molar-refractivity contribution < 1.29 is 0 Å². The lowest BCUT2D eigenvalue weighted by atomic mass is 9.67. The molecule has 0 aliphatic heterocycles. The fraction of sp³-hybridized carbons (Fsp3) is 1.00. The second-order valence-corrected chi connectivity index (χ2v) is 5.22. The van der Waals surface area contributed by atoms with E-state index in [1.54, 1.807) is 0 Å². The van der Waals surface area contributed by atoms with Gasteiger partial charge in [0.15, 0.2) is 0 Å². The van der Waals surface area contributed by atoms with Gasteiger partial charge in [-0.1, -0.05) is 79.6 Å². The van der Waals surface area contributed by atoms with Crippen LogP contribution >= 0.6 is 0 Å². The number of unbranched alkanes of at least 4 members (excludes halogenated alkanes) is 2. The average Bonchev–Trinajstić information content (AvgIpc) is 2.25. The predicted molar refractivity (Wildman–Crippen MR) is 71.2 cm³/mol. The second-order valence-electron chi connectivity index (χ2n) is 5.22. The molecule has 15 heavy (non-hydrogen) atoms. The second kappa shape index (κ2) is 8.19. The molecule has 0 radical (unpaired) electrons. The number of hydrogen-bond donors (Lipinski definition) is 0. The SMILES string of the molecule is CCCCCC(CC)(CC)C(C)CCC. The van der Waals surface area contributed by atoms with E-state index < -0.39 is 0 Å². The van der Waals surface area contributed by atoms with Crippen LogP contribution in [0.3, 0.4) is 0 Å². The van der Waals surface area contributed by atoms with Crippen molar-refractivity contribution in [2.24, 2.45) is 11.3 Å². The highest BCUT2D eigenvalue weighted by molar-refractivity contribution is 4.81. The molecule has 0 N–H and O–H groups in total. The zero-order valence-electron chi connectivity index (χ0n) is 11.7. The van der Waals surface area contributed by atoms with Crippen molar-refractivity contribution in [1.29, 1.82) is 0 Å². The van der Waals surface area contributed by atoms with E-state index >= 15 is 0 Å². The summed E-state index contributed by atoms with van der Waals surface area (Å²) < 4.78 is 0. The zero-order valence-corrected chi connectivity index (χ0v) is 11.7. The summed E-state index contributed by atoms with van der Waals surface area (Å²) in [5.41, 5.74) is 0.644. The topological polar surface area (TPSA) is 0 Å². The predicted octanol–water partition coefficient (Wildman–Crippen LogP) is 5.81. The summed E-state index contributed by atoms with van der Waals surface area (Å²) in [5, 5.41) is 0. The third-order valence-electron chi connectivity index (χ3n) is 4.45. The first-order valence-electron chi connectivity index (χ1n) is 7.16. The van der Waals surface area contributed by atoms with Crippen molar-refractivity contribution >= 4 is 0 Å². The van der Waals surface area contributed by atoms with E-state index in [9.17, 15) is 0 Å². The van der Waals surface area contributed by atoms with Gasteiger partial charge in [0.1, 0.15) is 0 Å². The van der Waals surface area contributed by atoms with Crippen LogP contribution in [0.1, 0.15) is 86.0 Å². The maximum absolute atomic E-state index is 2.47. The quantitative estimate of drug-likeness (QED) is 0.423. The van der Waals surface area contributed by atoms with E-state index in [4.69, 9.17) is 0 Å². The van der Waals surface area contributed by atoms with Gasteiger partial charge in [0.2, 0.25) is 0 Å². The first-order chi connectivity index (χ1) is 7.16. The van der Waals surface area contributed by atoms with E-state index in [1.165, 1.54) is 51.4 Å². The van der Waals surface area contributed by atoms with Gasteiger partial charge in [-0.15, -0.1) is 0 Å². The van der Waals surface area contributed by atoms with Crippen LogP contribution in [0.4, 0.5) is 0 Å². The molecule has 0 spiro atoms. The van der Waals surface area contributed by atoms with Gasteiger partial charge in [-0.2, -0.15) is 0 Å². The smallest absolute Gasteiger partial charge is 0.0277 e. The average molecular weight is 212 g/mol. The van der Waals surface area contributed by atoms with Gasteiger partial charge in [-0.25, -0.2) is 0 Å². The minimum Gasteiger partial charge on any atom is -0.0654 e. The Kier molecular flexibility index (Phi) is 8.19. The molecule has 0 saturated carbocycles. The molecule has 0 bridgehead atoms. The molecule has 0 aromatic rings. The molecule has 0 amide bonds. The summed E-state index contributed by atoms with van der Waals surface area (Å²) in [7, 11) is 0. The highest BCUT2D eigenvalue weighted by Crippen LogP contribution is 2.42. The van der Waals surface area contributed by atoms with Crippen LogP contribution in [-0.2, 0) is 0 Å². The molecule has 0 heteroatoms. The van der Waals surface area contributed by atoms with E-state index in [2.05, 4.69) is 34.6 Å². The third-order valence-corrected chi connectivity index (χ3v) is 4.45. The van der Waals surface area contributed by atoms with Crippen molar-refractivity contribution in [2.45, 2.75) is 86.0 Å². The summed E-state index contributed by atoms with van der Waals surface area (Å²) in [4.78, 5) is 0. The number of hydrogen-bond acceptors (Lipinski definition) is 0. The summed E-state index contributed by atoms with van der Waals surface area (Å²) in [6.45, 7) is 11.9. The van der Waals surface area contributed by atoms with Gasteiger partial charge >= 0.3 is 0 Å². The van der Waals surface area contributed by atoms with Crippen LogP contribution in [0.25, 0.3) is 0 Å². The molecule has 0 rings (SSSR count). The lowest BCUT2D eigenvalue weighted by Gasteiger charge is -2.38. The highest BCUT2D eigenvalue weighted by atomic mass is 14.4. The van der Waals surface area contributed by atoms with E-state index in [0.29, 0.717) is 5.41 Å². The molecule has 0 aromatic carbocycles. The Morgan fingerprint density at radius 3 is 1.87 bits per heavy atom. The van der Waals surface area contributed by atoms with Crippen molar-refractivity contribution in [2.75, 3.05) is 0 Å².